The minimum absolute atomic E-state index is 0.0826. The highest BCUT2D eigenvalue weighted by atomic mass is 19.4. The predicted molar refractivity (Wildman–Crippen MR) is 115 cm³/mol. The van der Waals surface area contributed by atoms with Crippen molar-refractivity contribution in [2.24, 2.45) is 5.92 Å². The van der Waals surface area contributed by atoms with Crippen LogP contribution in [0, 0.1) is 5.92 Å². The van der Waals surface area contributed by atoms with E-state index in [0.717, 1.165) is 44.6 Å². The third-order valence-corrected chi connectivity index (χ3v) is 6.72. The Morgan fingerprint density at radius 1 is 1.00 bits per heavy atom. The molecule has 0 N–H and O–H groups in total. The second-order valence-electron chi connectivity index (χ2n) is 8.80. The molecule has 168 valence electrons. The minimum atomic E-state index is -4.44. The third-order valence-electron chi connectivity index (χ3n) is 6.72. The number of hydrogen-bond acceptors (Lipinski definition) is 3. The summed E-state index contributed by atoms with van der Waals surface area (Å²) in [5, 5.41) is 0. The number of halogens is 3. The number of hydrogen-bond donors (Lipinski definition) is 0. The van der Waals surface area contributed by atoms with E-state index in [0.29, 0.717) is 29.1 Å². The Hall–Kier alpha value is -2.83. The van der Waals surface area contributed by atoms with Gasteiger partial charge in [-0.3, -0.25) is 4.79 Å². The molecule has 2 fully saturated rings. The van der Waals surface area contributed by atoms with E-state index >= 15 is 0 Å². The fourth-order valence-corrected chi connectivity index (χ4v) is 5.11. The van der Waals surface area contributed by atoms with Gasteiger partial charge in [0.05, 0.1) is 5.56 Å². The molecule has 1 aliphatic heterocycles. The predicted octanol–water partition coefficient (Wildman–Crippen LogP) is 6.76. The summed E-state index contributed by atoms with van der Waals surface area (Å²) in [5.41, 5.74) is 0.896. The molecule has 1 aliphatic carbocycles. The van der Waals surface area contributed by atoms with E-state index in [1.165, 1.54) is 18.6 Å². The van der Waals surface area contributed by atoms with Crippen LogP contribution < -0.4 is 0 Å². The Labute approximate surface area is 184 Å². The SMILES string of the molecule is O=C(C1CCCCC1)N1CCC[C@H]1c1nc2cc(-c3ccccc3C(F)(F)F)ccc2o1. The van der Waals surface area contributed by atoms with Crippen molar-refractivity contribution in [3.63, 3.8) is 0 Å². The Bertz CT molecular complexity index is 1130. The highest BCUT2D eigenvalue weighted by Gasteiger charge is 2.37. The standard InChI is InChI=1S/C25H25F3N2O2/c26-25(27,28)19-10-5-4-9-18(19)17-12-13-22-20(15-17)29-23(32-22)21-11-6-14-30(21)24(31)16-7-2-1-3-8-16/h4-5,9-10,12-13,15-16,21H,1-3,6-8,11,14H2/t21-/m0/s1. The van der Waals surface area contributed by atoms with Gasteiger partial charge < -0.3 is 9.32 Å². The number of carbonyl (C=O) groups excluding carboxylic acids is 1. The molecule has 1 amide bonds. The Kier molecular flexibility index (Phi) is 5.43. The quantitative estimate of drug-likeness (QED) is 0.450. The summed E-state index contributed by atoms with van der Waals surface area (Å²) in [4.78, 5) is 19.6. The molecule has 0 unspecified atom stereocenters. The first-order chi connectivity index (χ1) is 15.4. The Morgan fingerprint density at radius 2 is 1.78 bits per heavy atom. The number of benzene rings is 2. The average Bonchev–Trinajstić information content (AvgIpc) is 3.45. The molecule has 1 saturated heterocycles. The molecule has 0 spiro atoms. The van der Waals surface area contributed by atoms with Gasteiger partial charge >= 0.3 is 6.18 Å². The van der Waals surface area contributed by atoms with Crippen molar-refractivity contribution in [2.45, 2.75) is 57.2 Å². The van der Waals surface area contributed by atoms with Gasteiger partial charge in [0.1, 0.15) is 11.6 Å². The van der Waals surface area contributed by atoms with Gasteiger partial charge in [-0.1, -0.05) is 43.5 Å². The van der Waals surface area contributed by atoms with Crippen molar-refractivity contribution in [2.75, 3.05) is 6.54 Å². The smallest absolute Gasteiger partial charge is 0.417 e. The van der Waals surface area contributed by atoms with E-state index in [1.54, 1.807) is 24.3 Å². The number of rotatable bonds is 3. The molecule has 2 aliphatic rings. The molecule has 1 saturated carbocycles. The maximum absolute atomic E-state index is 13.5. The van der Waals surface area contributed by atoms with Crippen molar-refractivity contribution in [3.05, 3.63) is 53.9 Å². The molecule has 1 atom stereocenters. The summed E-state index contributed by atoms with van der Waals surface area (Å²) in [7, 11) is 0. The lowest BCUT2D eigenvalue weighted by atomic mass is 9.88. The molecule has 4 nitrogen and oxygen atoms in total. The van der Waals surface area contributed by atoms with Gasteiger partial charge in [-0.25, -0.2) is 4.98 Å². The molecule has 7 heteroatoms. The fraction of sp³-hybridized carbons (Fsp3) is 0.440. The van der Waals surface area contributed by atoms with Crippen LogP contribution in [0.3, 0.4) is 0 Å². The van der Waals surface area contributed by atoms with Crippen LogP contribution >= 0.6 is 0 Å². The Balaban J connectivity index is 1.45. The topological polar surface area (TPSA) is 46.3 Å². The largest absolute Gasteiger partial charge is 0.438 e. The van der Waals surface area contributed by atoms with Crippen molar-refractivity contribution >= 4 is 17.0 Å². The maximum atomic E-state index is 13.5. The molecule has 32 heavy (non-hydrogen) atoms. The molecule has 0 radical (unpaired) electrons. The van der Waals surface area contributed by atoms with Gasteiger partial charge in [0.2, 0.25) is 11.8 Å². The first-order valence-corrected chi connectivity index (χ1v) is 11.3. The molecule has 2 aromatic carbocycles. The van der Waals surface area contributed by atoms with Gasteiger partial charge in [0.25, 0.3) is 0 Å². The van der Waals surface area contributed by atoms with Crippen LogP contribution in [0.5, 0.6) is 0 Å². The zero-order chi connectivity index (χ0) is 22.3. The number of nitrogens with zero attached hydrogens (tertiary/aromatic N) is 2. The van der Waals surface area contributed by atoms with E-state index in [9.17, 15) is 18.0 Å². The Morgan fingerprint density at radius 3 is 2.56 bits per heavy atom. The van der Waals surface area contributed by atoms with Crippen LogP contribution in [0.2, 0.25) is 0 Å². The number of alkyl halides is 3. The monoisotopic (exact) mass is 442 g/mol. The normalized spacial score (nSPS) is 20.2. The molecule has 5 rings (SSSR count). The third kappa shape index (κ3) is 3.89. The van der Waals surface area contributed by atoms with Gasteiger partial charge in [-0.15, -0.1) is 0 Å². The molecular weight excluding hydrogens is 417 g/mol. The lowest BCUT2D eigenvalue weighted by molar-refractivity contribution is -0.138. The van der Waals surface area contributed by atoms with E-state index in [1.807, 2.05) is 4.90 Å². The van der Waals surface area contributed by atoms with Crippen LogP contribution in [0.1, 0.15) is 62.4 Å². The fourth-order valence-electron chi connectivity index (χ4n) is 5.11. The number of aromatic nitrogens is 1. The molecule has 2 heterocycles. The number of amides is 1. The summed E-state index contributed by atoms with van der Waals surface area (Å²) >= 11 is 0. The van der Waals surface area contributed by atoms with Gasteiger partial charge in [0, 0.05) is 12.5 Å². The summed E-state index contributed by atoms with van der Waals surface area (Å²) in [5.74, 6) is 0.747. The molecule has 1 aromatic heterocycles. The number of likely N-dealkylation sites (tertiary alicyclic amines) is 1. The molecular formula is C25H25F3N2O2. The maximum Gasteiger partial charge on any atom is 0.417 e. The number of oxazole rings is 1. The van der Waals surface area contributed by atoms with Crippen LogP contribution in [-0.4, -0.2) is 22.3 Å². The van der Waals surface area contributed by atoms with Gasteiger partial charge in [-0.05, 0) is 55.0 Å². The first kappa shape index (κ1) is 21.0. The molecule has 0 bridgehead atoms. The van der Waals surface area contributed by atoms with E-state index in [2.05, 4.69) is 4.98 Å². The summed E-state index contributed by atoms with van der Waals surface area (Å²) in [6.45, 7) is 0.697. The lowest BCUT2D eigenvalue weighted by Crippen LogP contribution is -2.36. The van der Waals surface area contributed by atoms with Crippen LogP contribution in [-0.2, 0) is 11.0 Å². The highest BCUT2D eigenvalue weighted by molar-refractivity contribution is 5.82. The first-order valence-electron chi connectivity index (χ1n) is 11.3. The van der Waals surface area contributed by atoms with E-state index in [4.69, 9.17) is 4.42 Å². The highest BCUT2D eigenvalue weighted by Crippen LogP contribution is 2.39. The summed E-state index contributed by atoms with van der Waals surface area (Å²) in [6.07, 6.45) is 2.51. The average molecular weight is 442 g/mol. The van der Waals surface area contributed by atoms with Gasteiger partial charge in [0.15, 0.2) is 5.58 Å². The van der Waals surface area contributed by atoms with Crippen molar-refractivity contribution in [1.29, 1.82) is 0 Å². The number of fused-ring (bicyclic) bond motifs is 1. The second kappa shape index (κ2) is 8.26. The van der Waals surface area contributed by atoms with Crippen molar-refractivity contribution in [1.82, 2.24) is 9.88 Å². The van der Waals surface area contributed by atoms with Gasteiger partial charge in [-0.2, -0.15) is 13.2 Å². The van der Waals surface area contributed by atoms with Crippen LogP contribution in [0.25, 0.3) is 22.2 Å². The zero-order valence-corrected chi connectivity index (χ0v) is 17.7. The van der Waals surface area contributed by atoms with Crippen LogP contribution in [0.4, 0.5) is 13.2 Å². The zero-order valence-electron chi connectivity index (χ0n) is 17.7. The van der Waals surface area contributed by atoms with Crippen molar-refractivity contribution in [3.8, 4) is 11.1 Å². The lowest BCUT2D eigenvalue weighted by Gasteiger charge is -2.29. The van der Waals surface area contributed by atoms with Crippen LogP contribution in [0.15, 0.2) is 46.9 Å². The minimum Gasteiger partial charge on any atom is -0.438 e. The summed E-state index contributed by atoms with van der Waals surface area (Å²) in [6, 6.07) is 10.2. The van der Waals surface area contributed by atoms with E-state index < -0.39 is 11.7 Å². The number of carbonyl (C=O) groups is 1. The summed E-state index contributed by atoms with van der Waals surface area (Å²) < 4.78 is 46.4. The molecule has 3 aromatic rings. The van der Waals surface area contributed by atoms with E-state index in [-0.39, 0.29) is 23.4 Å². The van der Waals surface area contributed by atoms with Crippen molar-refractivity contribution < 1.29 is 22.4 Å². The second-order valence-corrected chi connectivity index (χ2v) is 8.80.